The molecule has 1 aromatic heterocycles. The number of benzene rings is 1. The monoisotopic (exact) mass is 351 g/mol. The smallest absolute Gasteiger partial charge is 0.231 e. The van der Waals surface area contributed by atoms with Gasteiger partial charge in [0.2, 0.25) is 6.79 Å². The third kappa shape index (κ3) is 2.90. The van der Waals surface area contributed by atoms with E-state index < -0.39 is 0 Å². The zero-order valence-electron chi connectivity index (χ0n) is 15.0. The maximum absolute atomic E-state index is 5.53. The van der Waals surface area contributed by atoms with Gasteiger partial charge in [0.15, 0.2) is 11.5 Å². The molecular formula is C21H25N3O2. The molecule has 0 N–H and O–H groups in total. The predicted octanol–water partition coefficient (Wildman–Crippen LogP) is 3.62. The average molecular weight is 351 g/mol. The number of aromatic nitrogens is 1. The van der Waals surface area contributed by atoms with Crippen LogP contribution in [0.5, 0.6) is 11.5 Å². The van der Waals surface area contributed by atoms with Crippen molar-refractivity contribution in [2.45, 2.75) is 37.8 Å². The van der Waals surface area contributed by atoms with Gasteiger partial charge >= 0.3 is 0 Å². The quantitative estimate of drug-likeness (QED) is 0.844. The molecule has 5 rings (SSSR count). The summed E-state index contributed by atoms with van der Waals surface area (Å²) < 4.78 is 11.0. The van der Waals surface area contributed by atoms with Crippen LogP contribution in [0.3, 0.4) is 0 Å². The van der Waals surface area contributed by atoms with Gasteiger partial charge in [-0.2, -0.15) is 0 Å². The first-order chi connectivity index (χ1) is 12.9. The van der Waals surface area contributed by atoms with Gasteiger partial charge in [0.1, 0.15) is 0 Å². The normalized spacial score (nSPS) is 23.5. The molecule has 0 saturated carbocycles. The van der Waals surface area contributed by atoms with Gasteiger partial charge in [0.05, 0.1) is 11.7 Å². The van der Waals surface area contributed by atoms with Crippen LogP contribution >= 0.6 is 0 Å². The highest BCUT2D eigenvalue weighted by Gasteiger charge is 2.34. The summed E-state index contributed by atoms with van der Waals surface area (Å²) in [6, 6.07) is 13.8. The van der Waals surface area contributed by atoms with Crippen molar-refractivity contribution >= 4 is 5.69 Å². The summed E-state index contributed by atoms with van der Waals surface area (Å²) in [5.74, 6) is 1.73. The number of anilines is 1. The first kappa shape index (κ1) is 15.9. The second-order valence-corrected chi connectivity index (χ2v) is 7.41. The minimum atomic E-state index is 0.338. The molecule has 136 valence electrons. The topological polar surface area (TPSA) is 37.8 Å². The number of pyridine rings is 1. The lowest BCUT2D eigenvalue weighted by Gasteiger charge is -2.40. The van der Waals surface area contributed by atoms with E-state index in [1.807, 2.05) is 18.3 Å². The maximum Gasteiger partial charge on any atom is 0.231 e. The molecular weight excluding hydrogens is 326 g/mol. The molecule has 3 aliphatic rings. The van der Waals surface area contributed by atoms with E-state index in [1.54, 1.807) is 0 Å². The molecule has 3 aliphatic heterocycles. The molecule has 0 aliphatic carbocycles. The van der Waals surface area contributed by atoms with Gasteiger partial charge in [-0.05, 0) is 56.5 Å². The van der Waals surface area contributed by atoms with Crippen molar-refractivity contribution in [3.05, 3.63) is 48.3 Å². The number of rotatable bonds is 3. The third-order valence-corrected chi connectivity index (χ3v) is 5.98. The third-order valence-electron chi connectivity index (χ3n) is 5.98. The van der Waals surface area contributed by atoms with Crippen LogP contribution < -0.4 is 14.4 Å². The van der Waals surface area contributed by atoms with E-state index in [-0.39, 0.29) is 0 Å². The molecule has 0 spiro atoms. The number of nitrogens with zero attached hydrogens (tertiary/aromatic N) is 3. The van der Waals surface area contributed by atoms with Gasteiger partial charge in [0.25, 0.3) is 0 Å². The molecule has 1 unspecified atom stereocenters. The van der Waals surface area contributed by atoms with Gasteiger partial charge in [-0.25, -0.2) is 0 Å². The lowest BCUT2D eigenvalue weighted by Crippen LogP contribution is -2.44. The van der Waals surface area contributed by atoms with Crippen LogP contribution in [0.1, 0.15) is 37.4 Å². The van der Waals surface area contributed by atoms with Crippen molar-refractivity contribution in [3.63, 3.8) is 0 Å². The molecule has 5 nitrogen and oxygen atoms in total. The number of hydrogen-bond acceptors (Lipinski definition) is 5. The number of hydrogen-bond donors (Lipinski definition) is 0. The second-order valence-electron chi connectivity index (χ2n) is 7.41. The lowest BCUT2D eigenvalue weighted by molar-refractivity contribution is 0.152. The van der Waals surface area contributed by atoms with Crippen molar-refractivity contribution in [1.29, 1.82) is 0 Å². The van der Waals surface area contributed by atoms with E-state index in [1.165, 1.54) is 43.6 Å². The second kappa shape index (κ2) is 6.80. The van der Waals surface area contributed by atoms with Gasteiger partial charge < -0.3 is 14.4 Å². The van der Waals surface area contributed by atoms with Gasteiger partial charge in [0, 0.05) is 37.1 Å². The molecule has 2 fully saturated rings. The molecule has 0 bridgehead atoms. The molecule has 2 aromatic rings. The molecule has 26 heavy (non-hydrogen) atoms. The molecule has 0 amide bonds. The maximum atomic E-state index is 5.53. The first-order valence-corrected chi connectivity index (χ1v) is 9.70. The van der Waals surface area contributed by atoms with Crippen molar-refractivity contribution in [2.75, 3.05) is 31.3 Å². The predicted molar refractivity (Wildman–Crippen MR) is 101 cm³/mol. The van der Waals surface area contributed by atoms with Crippen LogP contribution in [-0.4, -0.2) is 42.4 Å². The lowest BCUT2D eigenvalue weighted by atomic mass is 10.0. The van der Waals surface area contributed by atoms with Crippen molar-refractivity contribution in [2.24, 2.45) is 0 Å². The van der Waals surface area contributed by atoms with E-state index in [2.05, 4.69) is 39.0 Å². The Hall–Kier alpha value is -2.27. The molecule has 0 radical (unpaired) electrons. The highest BCUT2D eigenvalue weighted by molar-refractivity contribution is 5.57. The first-order valence-electron chi connectivity index (χ1n) is 9.70. The average Bonchev–Trinajstić information content (AvgIpc) is 3.37. The summed E-state index contributed by atoms with van der Waals surface area (Å²) in [4.78, 5) is 9.81. The Morgan fingerprint density at radius 3 is 2.65 bits per heavy atom. The van der Waals surface area contributed by atoms with E-state index in [9.17, 15) is 0 Å². The number of ether oxygens (including phenoxy) is 2. The van der Waals surface area contributed by atoms with Crippen LogP contribution in [0.4, 0.5) is 5.69 Å². The van der Waals surface area contributed by atoms with E-state index in [0.29, 0.717) is 18.9 Å². The van der Waals surface area contributed by atoms with Crippen LogP contribution in [0.15, 0.2) is 42.6 Å². The fraction of sp³-hybridized carbons (Fsp3) is 0.476. The largest absolute Gasteiger partial charge is 0.454 e. The Bertz CT molecular complexity index is 759. The summed E-state index contributed by atoms with van der Waals surface area (Å²) in [5.41, 5.74) is 2.48. The van der Waals surface area contributed by atoms with Crippen molar-refractivity contribution in [1.82, 2.24) is 9.88 Å². The molecule has 4 heterocycles. The van der Waals surface area contributed by atoms with E-state index in [4.69, 9.17) is 9.47 Å². The molecule has 5 heteroatoms. The number of fused-ring (bicyclic) bond motifs is 1. The molecule has 1 aromatic carbocycles. The highest BCUT2D eigenvalue weighted by atomic mass is 16.7. The fourth-order valence-corrected chi connectivity index (χ4v) is 4.65. The number of likely N-dealkylation sites (tertiary alicyclic amines) is 1. The number of piperidine rings is 1. The fourth-order valence-electron chi connectivity index (χ4n) is 4.65. The van der Waals surface area contributed by atoms with Crippen LogP contribution in [0.25, 0.3) is 0 Å². The summed E-state index contributed by atoms with van der Waals surface area (Å²) in [6.45, 7) is 3.73. The van der Waals surface area contributed by atoms with Crippen LogP contribution in [-0.2, 0) is 0 Å². The zero-order chi connectivity index (χ0) is 17.3. The molecule has 1 atom stereocenters. The summed E-state index contributed by atoms with van der Waals surface area (Å²) in [5, 5.41) is 0. The Balaban J connectivity index is 1.25. The van der Waals surface area contributed by atoms with Crippen LogP contribution in [0, 0.1) is 0 Å². The molecule has 2 saturated heterocycles. The minimum Gasteiger partial charge on any atom is -0.454 e. The Morgan fingerprint density at radius 1 is 0.923 bits per heavy atom. The van der Waals surface area contributed by atoms with Gasteiger partial charge in [-0.1, -0.05) is 6.07 Å². The summed E-state index contributed by atoms with van der Waals surface area (Å²) >= 11 is 0. The van der Waals surface area contributed by atoms with Gasteiger partial charge in [-0.3, -0.25) is 9.88 Å². The zero-order valence-corrected chi connectivity index (χ0v) is 15.0. The Kier molecular flexibility index (Phi) is 4.17. The Labute approximate surface area is 154 Å². The van der Waals surface area contributed by atoms with Crippen LogP contribution in [0.2, 0.25) is 0 Å². The van der Waals surface area contributed by atoms with E-state index in [0.717, 1.165) is 24.6 Å². The van der Waals surface area contributed by atoms with Gasteiger partial charge in [-0.15, -0.1) is 0 Å². The van der Waals surface area contributed by atoms with E-state index >= 15 is 0 Å². The SMILES string of the molecule is c1ccc(C2CCCN2C2CCN(c3ccc4c(c3)OCO4)CC2)nc1. The summed E-state index contributed by atoms with van der Waals surface area (Å²) in [6.07, 6.45) is 6.85. The summed E-state index contributed by atoms with van der Waals surface area (Å²) in [7, 11) is 0. The highest BCUT2D eigenvalue weighted by Crippen LogP contribution is 2.38. The van der Waals surface area contributed by atoms with Crippen molar-refractivity contribution in [3.8, 4) is 11.5 Å². The minimum absolute atomic E-state index is 0.338. The van der Waals surface area contributed by atoms with Crippen molar-refractivity contribution < 1.29 is 9.47 Å². The standard InChI is InChI=1S/C21H25N3O2/c1-2-10-22-18(4-1)19-5-3-11-24(19)16-8-12-23(13-9-16)17-6-7-20-21(14-17)26-15-25-20/h1-2,4,6-7,10,14,16,19H,3,5,8-9,11-13,15H2. The Morgan fingerprint density at radius 2 is 1.81 bits per heavy atom.